The number of hydrogen-bond acceptors (Lipinski definition) is 7. The molecule has 2 N–H and O–H groups in total. The maximum atomic E-state index is 10.7. The molecule has 0 aliphatic carbocycles. The van der Waals surface area contributed by atoms with Gasteiger partial charge in [-0.05, 0) is 12.5 Å². The van der Waals surface area contributed by atoms with E-state index in [4.69, 9.17) is 9.25 Å². The van der Waals surface area contributed by atoms with E-state index in [9.17, 15) is 10.0 Å². The van der Waals surface area contributed by atoms with Gasteiger partial charge in [-0.3, -0.25) is 10.0 Å². The Hall–Kier alpha value is -2.45. The first-order valence-electron chi connectivity index (χ1n) is 8.95. The van der Waals surface area contributed by atoms with Crippen LogP contribution in [0.1, 0.15) is 61.9 Å². The first-order chi connectivity index (χ1) is 12.7. The number of hydrogen-bond donors (Lipinski definition) is 2. The largest absolute Gasteiger partial charge is 0.425 e. The molecule has 1 aromatic carbocycles. The highest BCUT2D eigenvalue weighted by atomic mass is 16.7. The molecule has 2 aromatic rings. The van der Waals surface area contributed by atoms with E-state index in [1.165, 1.54) is 0 Å². The summed E-state index contributed by atoms with van der Waals surface area (Å²) in [6.45, 7) is 2.26. The SMILES string of the molecule is CCCCC[C@@H](CN(O)C=O)c1nnc(CC2NOc3ccccc32)o1. The molecule has 26 heavy (non-hydrogen) atoms. The zero-order valence-corrected chi connectivity index (χ0v) is 14.8. The van der Waals surface area contributed by atoms with Crippen molar-refractivity contribution in [3.05, 3.63) is 41.6 Å². The van der Waals surface area contributed by atoms with Crippen LogP contribution in [0.3, 0.4) is 0 Å². The summed E-state index contributed by atoms with van der Waals surface area (Å²) in [5, 5.41) is 18.4. The topological polar surface area (TPSA) is 101 Å². The highest BCUT2D eigenvalue weighted by Gasteiger charge is 2.27. The van der Waals surface area contributed by atoms with E-state index in [0.29, 0.717) is 29.7 Å². The number of unbranched alkanes of at least 4 members (excludes halogenated alkanes) is 2. The molecule has 0 radical (unpaired) electrons. The summed E-state index contributed by atoms with van der Waals surface area (Å²) >= 11 is 0. The Labute approximate surface area is 152 Å². The molecular formula is C18H24N4O4. The molecule has 1 amide bonds. The quantitative estimate of drug-likeness (QED) is 0.291. The molecule has 8 heteroatoms. The molecule has 2 heterocycles. The molecule has 140 valence electrons. The van der Waals surface area contributed by atoms with E-state index in [0.717, 1.165) is 37.0 Å². The number of nitrogens with zero attached hydrogens (tertiary/aromatic N) is 3. The summed E-state index contributed by atoms with van der Waals surface area (Å²) < 4.78 is 5.83. The van der Waals surface area contributed by atoms with Crippen molar-refractivity contribution in [1.82, 2.24) is 20.7 Å². The molecule has 1 aromatic heterocycles. The number of benzene rings is 1. The molecule has 2 atom stereocenters. The molecule has 3 rings (SSSR count). The van der Waals surface area contributed by atoms with Crippen LogP contribution in [0.2, 0.25) is 0 Å². The minimum absolute atomic E-state index is 0.0534. The zero-order chi connectivity index (χ0) is 18.4. The van der Waals surface area contributed by atoms with Crippen LogP contribution in [0.15, 0.2) is 28.7 Å². The van der Waals surface area contributed by atoms with E-state index in [-0.39, 0.29) is 18.5 Å². The Morgan fingerprint density at radius 3 is 3.00 bits per heavy atom. The van der Waals surface area contributed by atoms with Gasteiger partial charge in [-0.1, -0.05) is 44.4 Å². The normalized spacial score (nSPS) is 16.8. The predicted octanol–water partition coefficient (Wildman–Crippen LogP) is 2.76. The van der Waals surface area contributed by atoms with Gasteiger partial charge in [-0.15, -0.1) is 15.7 Å². The Morgan fingerprint density at radius 1 is 1.35 bits per heavy atom. The number of para-hydroxylation sites is 1. The van der Waals surface area contributed by atoms with Crippen molar-refractivity contribution in [3.8, 4) is 5.75 Å². The smallest absolute Gasteiger partial charge is 0.233 e. The van der Waals surface area contributed by atoms with Crippen LogP contribution < -0.4 is 10.3 Å². The van der Waals surface area contributed by atoms with Crippen molar-refractivity contribution in [2.45, 2.75) is 51.0 Å². The lowest BCUT2D eigenvalue weighted by atomic mass is 10.0. The van der Waals surface area contributed by atoms with E-state index in [1.807, 2.05) is 24.3 Å². The molecule has 1 aliphatic heterocycles. The second kappa shape index (κ2) is 8.77. The summed E-state index contributed by atoms with van der Waals surface area (Å²) in [5.74, 6) is 1.56. The molecule has 0 bridgehead atoms. The van der Waals surface area contributed by atoms with Gasteiger partial charge in [0.2, 0.25) is 18.2 Å². The standard InChI is InChI=1S/C18H24N4O4/c1-2-3-4-7-13(11-22(24)12-23)18-20-19-17(25-18)10-15-14-8-5-6-9-16(14)26-21-15/h5-6,8-9,12-13,15,21,24H,2-4,7,10-11H2,1H3/t13-,15?/m0/s1. The lowest BCUT2D eigenvalue weighted by molar-refractivity contribution is -0.151. The Kier molecular flexibility index (Phi) is 6.19. The van der Waals surface area contributed by atoms with Gasteiger partial charge in [-0.2, -0.15) is 0 Å². The monoisotopic (exact) mass is 360 g/mol. The van der Waals surface area contributed by atoms with Crippen LogP contribution >= 0.6 is 0 Å². The fraction of sp³-hybridized carbons (Fsp3) is 0.500. The predicted molar refractivity (Wildman–Crippen MR) is 92.4 cm³/mol. The lowest BCUT2D eigenvalue weighted by Crippen LogP contribution is -2.24. The van der Waals surface area contributed by atoms with E-state index >= 15 is 0 Å². The van der Waals surface area contributed by atoms with Gasteiger partial charge in [-0.25, -0.2) is 5.06 Å². The van der Waals surface area contributed by atoms with Crippen molar-refractivity contribution in [2.24, 2.45) is 0 Å². The number of nitrogens with one attached hydrogen (secondary N) is 1. The van der Waals surface area contributed by atoms with Crippen LogP contribution in [-0.4, -0.2) is 33.4 Å². The summed E-state index contributed by atoms with van der Waals surface area (Å²) in [4.78, 5) is 16.2. The zero-order valence-electron chi connectivity index (χ0n) is 14.8. The van der Waals surface area contributed by atoms with E-state index in [2.05, 4.69) is 22.6 Å². The van der Waals surface area contributed by atoms with Crippen LogP contribution in [0.25, 0.3) is 0 Å². The number of fused-ring (bicyclic) bond motifs is 1. The maximum absolute atomic E-state index is 10.7. The fourth-order valence-corrected chi connectivity index (χ4v) is 3.10. The third-order valence-electron chi connectivity index (χ3n) is 4.50. The maximum Gasteiger partial charge on any atom is 0.233 e. The van der Waals surface area contributed by atoms with Gasteiger partial charge in [0, 0.05) is 12.0 Å². The average molecular weight is 360 g/mol. The van der Waals surface area contributed by atoms with E-state index < -0.39 is 0 Å². The van der Waals surface area contributed by atoms with Crippen molar-refractivity contribution in [3.63, 3.8) is 0 Å². The first kappa shape index (κ1) is 18.3. The third-order valence-corrected chi connectivity index (χ3v) is 4.50. The van der Waals surface area contributed by atoms with Crippen LogP contribution in [-0.2, 0) is 11.2 Å². The van der Waals surface area contributed by atoms with Gasteiger partial charge < -0.3 is 9.25 Å². The molecule has 8 nitrogen and oxygen atoms in total. The number of hydroxylamine groups is 3. The molecule has 1 aliphatic rings. The molecule has 0 spiro atoms. The van der Waals surface area contributed by atoms with Crippen molar-refractivity contribution >= 4 is 6.41 Å². The van der Waals surface area contributed by atoms with E-state index in [1.54, 1.807) is 0 Å². The number of carbonyl (C=O) groups is 1. The van der Waals surface area contributed by atoms with Crippen molar-refractivity contribution in [2.75, 3.05) is 6.54 Å². The highest BCUT2D eigenvalue weighted by Crippen LogP contribution is 2.32. The second-order valence-electron chi connectivity index (χ2n) is 6.47. The molecule has 1 unspecified atom stereocenters. The lowest BCUT2D eigenvalue weighted by Gasteiger charge is -2.16. The Morgan fingerprint density at radius 2 is 2.19 bits per heavy atom. The second-order valence-corrected chi connectivity index (χ2v) is 6.47. The highest BCUT2D eigenvalue weighted by molar-refractivity contribution is 5.44. The van der Waals surface area contributed by atoms with Crippen LogP contribution in [0.5, 0.6) is 5.75 Å². The Balaban J connectivity index is 1.67. The average Bonchev–Trinajstić information content (AvgIpc) is 3.29. The molecule has 0 saturated heterocycles. The van der Waals surface area contributed by atoms with Gasteiger partial charge in [0.05, 0.1) is 18.5 Å². The minimum Gasteiger partial charge on any atom is -0.425 e. The van der Waals surface area contributed by atoms with Crippen LogP contribution in [0, 0.1) is 0 Å². The summed E-state index contributed by atoms with van der Waals surface area (Å²) in [7, 11) is 0. The van der Waals surface area contributed by atoms with Crippen molar-refractivity contribution in [1.29, 1.82) is 0 Å². The molecule has 0 fully saturated rings. The summed E-state index contributed by atoms with van der Waals surface area (Å²) in [5.41, 5.74) is 4.02. The molecule has 0 saturated carbocycles. The fourth-order valence-electron chi connectivity index (χ4n) is 3.10. The Bertz CT molecular complexity index is 721. The van der Waals surface area contributed by atoms with Gasteiger partial charge in [0.25, 0.3) is 0 Å². The number of amides is 1. The molecular weight excluding hydrogens is 336 g/mol. The number of carbonyl (C=O) groups excluding carboxylic acids is 1. The van der Waals surface area contributed by atoms with Crippen LogP contribution in [0.4, 0.5) is 0 Å². The van der Waals surface area contributed by atoms with Gasteiger partial charge in [0.1, 0.15) is 0 Å². The van der Waals surface area contributed by atoms with Gasteiger partial charge in [0.15, 0.2) is 5.75 Å². The first-order valence-corrected chi connectivity index (χ1v) is 8.95. The minimum atomic E-state index is -0.182. The number of aromatic nitrogens is 2. The third kappa shape index (κ3) is 4.39. The number of rotatable bonds is 10. The van der Waals surface area contributed by atoms with Crippen molar-refractivity contribution < 1.29 is 19.3 Å². The van der Waals surface area contributed by atoms with Gasteiger partial charge >= 0.3 is 0 Å². The summed E-state index contributed by atoms with van der Waals surface area (Å²) in [6.07, 6.45) is 4.79. The summed E-state index contributed by atoms with van der Waals surface area (Å²) in [6, 6.07) is 7.73.